The monoisotopic (exact) mass is 341 g/mol. The Hall–Kier alpha value is -1.94. The number of unbranched alkanes of at least 4 members (excludes halogenated alkanes) is 1. The lowest BCUT2D eigenvalue weighted by Crippen LogP contribution is -2.27. The van der Waals surface area contributed by atoms with Gasteiger partial charge in [-0.1, -0.05) is 39.3 Å². The third-order valence-electron chi connectivity index (χ3n) is 4.65. The predicted molar refractivity (Wildman–Crippen MR) is 106 cm³/mol. The molecular formula is C21H31N3O. The first kappa shape index (κ1) is 19.4. The van der Waals surface area contributed by atoms with Crippen LogP contribution in [0, 0.1) is 0 Å². The SMILES string of the molecule is CCCCc1nc2cc(/C=C/C(C)=O)ccc2n1CCN(CC)CC. The Bertz CT molecular complexity index is 726. The van der Waals surface area contributed by atoms with E-state index in [9.17, 15) is 4.79 Å². The number of allylic oxidation sites excluding steroid dienone is 1. The zero-order valence-electron chi connectivity index (χ0n) is 16.1. The predicted octanol–water partition coefficient (Wildman–Crippen LogP) is 4.32. The fraction of sp³-hybridized carbons (Fsp3) is 0.524. The van der Waals surface area contributed by atoms with Gasteiger partial charge in [-0.25, -0.2) is 4.98 Å². The van der Waals surface area contributed by atoms with E-state index in [-0.39, 0.29) is 5.78 Å². The number of carbonyl (C=O) groups excluding carboxylic acids is 1. The molecule has 1 aromatic heterocycles. The van der Waals surface area contributed by atoms with E-state index < -0.39 is 0 Å². The molecule has 2 rings (SSSR count). The lowest BCUT2D eigenvalue weighted by atomic mass is 10.1. The lowest BCUT2D eigenvalue weighted by molar-refractivity contribution is -0.112. The van der Waals surface area contributed by atoms with E-state index in [2.05, 4.69) is 48.4 Å². The number of likely N-dealkylation sites (N-methyl/N-ethyl adjacent to an activating group) is 1. The van der Waals surface area contributed by atoms with Gasteiger partial charge in [0.25, 0.3) is 0 Å². The molecule has 25 heavy (non-hydrogen) atoms. The normalized spacial score (nSPS) is 11.9. The van der Waals surface area contributed by atoms with E-state index in [1.807, 2.05) is 6.08 Å². The van der Waals surface area contributed by atoms with Crippen LogP contribution in [0.3, 0.4) is 0 Å². The van der Waals surface area contributed by atoms with Gasteiger partial charge in [0.05, 0.1) is 11.0 Å². The molecule has 136 valence electrons. The van der Waals surface area contributed by atoms with Gasteiger partial charge in [0.1, 0.15) is 5.82 Å². The molecule has 0 bridgehead atoms. The molecule has 0 saturated carbocycles. The van der Waals surface area contributed by atoms with Gasteiger partial charge in [-0.3, -0.25) is 4.79 Å². The molecule has 0 amide bonds. The number of ketones is 1. The van der Waals surface area contributed by atoms with Gasteiger partial charge >= 0.3 is 0 Å². The molecule has 0 aliphatic rings. The van der Waals surface area contributed by atoms with Crippen LogP contribution in [0.5, 0.6) is 0 Å². The summed E-state index contributed by atoms with van der Waals surface area (Å²) in [6, 6.07) is 6.29. The highest BCUT2D eigenvalue weighted by molar-refractivity contribution is 5.92. The Kier molecular flexibility index (Phi) is 7.38. The van der Waals surface area contributed by atoms with Gasteiger partial charge < -0.3 is 9.47 Å². The minimum absolute atomic E-state index is 0.0634. The maximum atomic E-state index is 11.2. The molecule has 1 aromatic carbocycles. The van der Waals surface area contributed by atoms with Crippen LogP contribution < -0.4 is 0 Å². The fourth-order valence-corrected chi connectivity index (χ4v) is 3.07. The van der Waals surface area contributed by atoms with Crippen LogP contribution in [0.15, 0.2) is 24.3 Å². The highest BCUT2D eigenvalue weighted by Gasteiger charge is 2.11. The van der Waals surface area contributed by atoms with E-state index >= 15 is 0 Å². The van der Waals surface area contributed by atoms with Crippen LogP contribution in [-0.4, -0.2) is 39.9 Å². The molecule has 0 unspecified atom stereocenters. The molecule has 0 N–H and O–H groups in total. The molecule has 2 aromatic rings. The van der Waals surface area contributed by atoms with Crippen LogP contribution in [0.4, 0.5) is 0 Å². The number of hydrogen-bond acceptors (Lipinski definition) is 3. The Morgan fingerprint density at radius 2 is 2.00 bits per heavy atom. The van der Waals surface area contributed by atoms with Crippen molar-refractivity contribution in [1.82, 2.24) is 14.5 Å². The second-order valence-electron chi connectivity index (χ2n) is 6.50. The molecule has 4 heteroatoms. The van der Waals surface area contributed by atoms with Gasteiger partial charge in [-0.05, 0) is 50.2 Å². The van der Waals surface area contributed by atoms with Crippen molar-refractivity contribution in [2.45, 2.75) is 53.5 Å². The highest BCUT2D eigenvalue weighted by Crippen LogP contribution is 2.20. The lowest BCUT2D eigenvalue weighted by Gasteiger charge is -2.19. The van der Waals surface area contributed by atoms with E-state index in [4.69, 9.17) is 4.98 Å². The zero-order chi connectivity index (χ0) is 18.2. The van der Waals surface area contributed by atoms with Crippen molar-refractivity contribution in [3.63, 3.8) is 0 Å². The Morgan fingerprint density at radius 3 is 2.64 bits per heavy atom. The highest BCUT2D eigenvalue weighted by atomic mass is 16.1. The summed E-state index contributed by atoms with van der Waals surface area (Å²) < 4.78 is 2.38. The molecule has 0 aliphatic heterocycles. The zero-order valence-corrected chi connectivity index (χ0v) is 16.1. The largest absolute Gasteiger partial charge is 0.327 e. The van der Waals surface area contributed by atoms with Gasteiger partial charge in [0.15, 0.2) is 5.78 Å². The third-order valence-corrected chi connectivity index (χ3v) is 4.65. The Morgan fingerprint density at radius 1 is 1.24 bits per heavy atom. The van der Waals surface area contributed by atoms with Crippen molar-refractivity contribution in [3.8, 4) is 0 Å². The first-order valence-corrected chi connectivity index (χ1v) is 9.49. The summed E-state index contributed by atoms with van der Waals surface area (Å²) in [5.41, 5.74) is 3.24. The number of benzene rings is 1. The molecule has 4 nitrogen and oxygen atoms in total. The van der Waals surface area contributed by atoms with Gasteiger partial charge in [-0.15, -0.1) is 0 Å². The maximum absolute atomic E-state index is 11.2. The number of imidazole rings is 1. The van der Waals surface area contributed by atoms with Crippen LogP contribution >= 0.6 is 0 Å². The fourth-order valence-electron chi connectivity index (χ4n) is 3.07. The minimum Gasteiger partial charge on any atom is -0.327 e. The smallest absolute Gasteiger partial charge is 0.152 e. The van der Waals surface area contributed by atoms with Gasteiger partial charge in [0.2, 0.25) is 0 Å². The second kappa shape index (κ2) is 9.52. The Labute approximate surface area is 151 Å². The van der Waals surface area contributed by atoms with Crippen molar-refractivity contribution < 1.29 is 4.79 Å². The Balaban J connectivity index is 2.33. The van der Waals surface area contributed by atoms with Gasteiger partial charge in [-0.2, -0.15) is 0 Å². The maximum Gasteiger partial charge on any atom is 0.152 e. The average molecular weight is 341 g/mol. The summed E-state index contributed by atoms with van der Waals surface area (Å²) in [4.78, 5) is 18.5. The quantitative estimate of drug-likeness (QED) is 0.604. The first-order valence-electron chi connectivity index (χ1n) is 9.49. The third kappa shape index (κ3) is 5.27. The number of carbonyl (C=O) groups is 1. The molecule has 0 atom stereocenters. The van der Waals surface area contributed by atoms with Crippen molar-refractivity contribution in [2.24, 2.45) is 0 Å². The number of hydrogen-bond donors (Lipinski definition) is 0. The summed E-state index contributed by atoms with van der Waals surface area (Å²) in [7, 11) is 0. The van der Waals surface area contributed by atoms with Crippen molar-refractivity contribution in [3.05, 3.63) is 35.7 Å². The van der Waals surface area contributed by atoms with Crippen LogP contribution in [0.1, 0.15) is 51.9 Å². The number of aryl methyl sites for hydroxylation is 1. The van der Waals surface area contributed by atoms with Crippen LogP contribution in [-0.2, 0) is 17.8 Å². The average Bonchev–Trinajstić information content (AvgIpc) is 2.95. The van der Waals surface area contributed by atoms with Crippen molar-refractivity contribution in [1.29, 1.82) is 0 Å². The molecule has 0 saturated heterocycles. The van der Waals surface area contributed by atoms with Crippen LogP contribution in [0.2, 0.25) is 0 Å². The van der Waals surface area contributed by atoms with Crippen molar-refractivity contribution in [2.75, 3.05) is 19.6 Å². The summed E-state index contributed by atoms with van der Waals surface area (Å²) in [5, 5.41) is 0. The van der Waals surface area contributed by atoms with E-state index in [1.54, 1.807) is 13.0 Å². The molecular weight excluding hydrogens is 310 g/mol. The molecule has 0 spiro atoms. The summed E-state index contributed by atoms with van der Waals surface area (Å²) in [6.45, 7) is 12.4. The first-order chi connectivity index (χ1) is 12.1. The molecule has 0 fully saturated rings. The molecule has 1 heterocycles. The summed E-state index contributed by atoms with van der Waals surface area (Å²) in [5.74, 6) is 1.24. The summed E-state index contributed by atoms with van der Waals surface area (Å²) in [6.07, 6.45) is 6.82. The number of aromatic nitrogens is 2. The van der Waals surface area contributed by atoms with E-state index in [1.165, 1.54) is 17.8 Å². The van der Waals surface area contributed by atoms with E-state index in [0.717, 1.165) is 50.1 Å². The van der Waals surface area contributed by atoms with E-state index in [0.29, 0.717) is 0 Å². The molecule has 0 radical (unpaired) electrons. The number of rotatable bonds is 10. The standard InChI is InChI=1S/C21H31N3O/c1-5-8-9-21-22-19-16-18(11-10-17(4)25)12-13-20(19)24(21)15-14-23(6-2)7-3/h10-13,16H,5-9,14-15H2,1-4H3/b11-10+. The van der Waals surface area contributed by atoms with Crippen LogP contribution in [0.25, 0.3) is 17.1 Å². The van der Waals surface area contributed by atoms with Crippen molar-refractivity contribution >= 4 is 22.9 Å². The number of nitrogens with zero attached hydrogens (tertiary/aromatic N) is 3. The summed E-state index contributed by atoms with van der Waals surface area (Å²) >= 11 is 0. The minimum atomic E-state index is 0.0634. The topological polar surface area (TPSA) is 38.1 Å². The number of fused-ring (bicyclic) bond motifs is 1. The van der Waals surface area contributed by atoms with Gasteiger partial charge in [0, 0.05) is 19.5 Å². The molecule has 0 aliphatic carbocycles. The second-order valence-corrected chi connectivity index (χ2v) is 6.50.